The van der Waals surface area contributed by atoms with Gasteiger partial charge in [-0.25, -0.2) is 4.98 Å². The lowest BCUT2D eigenvalue weighted by Gasteiger charge is -2.06. The molecule has 2 N–H and O–H groups in total. The van der Waals surface area contributed by atoms with Gasteiger partial charge in [0.05, 0.1) is 10.9 Å². The van der Waals surface area contributed by atoms with Gasteiger partial charge in [-0.15, -0.1) is 0 Å². The lowest BCUT2D eigenvalue weighted by Crippen LogP contribution is -2.21. The van der Waals surface area contributed by atoms with Crippen molar-refractivity contribution in [1.29, 1.82) is 0 Å². The molecule has 0 amide bonds. The molecule has 0 aliphatic carbocycles. The molecule has 1 aliphatic rings. The third-order valence-electron chi connectivity index (χ3n) is 2.89. The van der Waals surface area contributed by atoms with Crippen molar-refractivity contribution in [2.75, 3.05) is 0 Å². The predicted octanol–water partition coefficient (Wildman–Crippen LogP) is 0.539. The van der Waals surface area contributed by atoms with Crippen molar-refractivity contribution in [3.05, 3.63) is 34.4 Å². The zero-order valence-electron chi connectivity index (χ0n) is 8.42. The molecule has 1 unspecified atom stereocenters. The minimum atomic E-state index is -0.661. The number of aliphatic hydroxyl groups excluding tert-OH is 1. The summed E-state index contributed by atoms with van der Waals surface area (Å²) < 4.78 is 1.46. The highest BCUT2D eigenvalue weighted by Crippen LogP contribution is 2.24. The minimum Gasteiger partial charge on any atom is -0.508 e. The Labute approximate surface area is 90.6 Å². The zero-order valence-corrected chi connectivity index (χ0v) is 8.42. The van der Waals surface area contributed by atoms with Gasteiger partial charge < -0.3 is 10.2 Å². The number of hydrogen-bond donors (Lipinski definition) is 2. The van der Waals surface area contributed by atoms with Crippen molar-refractivity contribution < 1.29 is 10.2 Å². The van der Waals surface area contributed by atoms with E-state index in [1.54, 1.807) is 6.07 Å². The van der Waals surface area contributed by atoms with Crippen LogP contribution in [0.1, 0.15) is 18.3 Å². The van der Waals surface area contributed by atoms with Crippen LogP contribution in [0.15, 0.2) is 23.0 Å². The number of nitrogens with zero attached hydrogens (tertiary/aromatic N) is 2. The molecule has 5 nitrogen and oxygen atoms in total. The van der Waals surface area contributed by atoms with E-state index in [2.05, 4.69) is 4.98 Å². The second-order valence-corrected chi connectivity index (χ2v) is 3.93. The summed E-state index contributed by atoms with van der Waals surface area (Å²) in [4.78, 5) is 16.3. The standard InChI is InChI=1S/C11H10N2O3/c14-6-1-2-8-7(5-6)11(16)13-4-3-9(15)10(13)12-8/h1-2,5,9,14-15H,3-4H2. The van der Waals surface area contributed by atoms with Crippen LogP contribution in [0.25, 0.3) is 10.9 Å². The fourth-order valence-electron chi connectivity index (χ4n) is 2.08. The van der Waals surface area contributed by atoms with Crippen molar-refractivity contribution in [1.82, 2.24) is 9.55 Å². The third-order valence-corrected chi connectivity index (χ3v) is 2.89. The minimum absolute atomic E-state index is 0.0468. The molecule has 1 atom stereocenters. The monoisotopic (exact) mass is 218 g/mol. The van der Waals surface area contributed by atoms with E-state index in [1.807, 2.05) is 0 Å². The van der Waals surface area contributed by atoms with E-state index in [0.717, 1.165) is 0 Å². The molecular formula is C11H10N2O3. The van der Waals surface area contributed by atoms with Crippen LogP contribution < -0.4 is 5.56 Å². The summed E-state index contributed by atoms with van der Waals surface area (Å²) >= 11 is 0. The van der Waals surface area contributed by atoms with Crippen LogP contribution in [-0.2, 0) is 6.54 Å². The quantitative estimate of drug-likeness (QED) is 0.676. The average molecular weight is 218 g/mol. The third kappa shape index (κ3) is 1.15. The van der Waals surface area contributed by atoms with Crippen molar-refractivity contribution in [2.45, 2.75) is 19.1 Å². The second-order valence-electron chi connectivity index (χ2n) is 3.93. The van der Waals surface area contributed by atoms with Crippen molar-refractivity contribution in [3.63, 3.8) is 0 Å². The summed E-state index contributed by atoms with van der Waals surface area (Å²) in [6.07, 6.45) is -0.143. The van der Waals surface area contributed by atoms with Gasteiger partial charge in [0.1, 0.15) is 17.7 Å². The highest BCUT2D eigenvalue weighted by molar-refractivity contribution is 5.79. The van der Waals surface area contributed by atoms with Crippen LogP contribution in [0, 0.1) is 0 Å². The number of rotatable bonds is 0. The molecule has 0 spiro atoms. The highest BCUT2D eigenvalue weighted by Gasteiger charge is 2.24. The number of hydrogen-bond acceptors (Lipinski definition) is 4. The van der Waals surface area contributed by atoms with Crippen LogP contribution in [0.2, 0.25) is 0 Å². The van der Waals surface area contributed by atoms with E-state index in [9.17, 15) is 15.0 Å². The molecule has 3 rings (SSSR count). The van der Waals surface area contributed by atoms with Crippen LogP contribution in [0.5, 0.6) is 5.75 Å². The predicted molar refractivity (Wildman–Crippen MR) is 57.2 cm³/mol. The maximum Gasteiger partial charge on any atom is 0.261 e. The Morgan fingerprint density at radius 3 is 3.06 bits per heavy atom. The highest BCUT2D eigenvalue weighted by atomic mass is 16.3. The molecule has 1 aromatic heterocycles. The first-order valence-electron chi connectivity index (χ1n) is 5.08. The number of aromatic nitrogens is 2. The lowest BCUT2D eigenvalue weighted by molar-refractivity contribution is 0.176. The van der Waals surface area contributed by atoms with Gasteiger partial charge in [-0.2, -0.15) is 0 Å². The summed E-state index contributed by atoms with van der Waals surface area (Å²) in [5, 5.41) is 19.4. The molecule has 16 heavy (non-hydrogen) atoms. The van der Waals surface area contributed by atoms with E-state index < -0.39 is 6.10 Å². The normalized spacial score (nSPS) is 18.9. The summed E-state index contributed by atoms with van der Waals surface area (Å²) in [6.45, 7) is 0.480. The van der Waals surface area contributed by atoms with Gasteiger partial charge in [-0.05, 0) is 24.6 Å². The molecule has 1 aliphatic heterocycles. The van der Waals surface area contributed by atoms with Gasteiger partial charge in [0.15, 0.2) is 0 Å². The lowest BCUT2D eigenvalue weighted by atomic mass is 10.2. The zero-order chi connectivity index (χ0) is 11.3. The number of phenolic OH excluding ortho intramolecular Hbond substituents is 1. The number of aromatic hydroxyl groups is 1. The maximum absolute atomic E-state index is 12.0. The number of aliphatic hydroxyl groups is 1. The summed E-state index contributed by atoms with van der Waals surface area (Å²) in [5.74, 6) is 0.466. The van der Waals surface area contributed by atoms with Crippen molar-refractivity contribution in [3.8, 4) is 5.75 Å². The maximum atomic E-state index is 12.0. The Kier molecular flexibility index (Phi) is 1.79. The summed E-state index contributed by atoms with van der Waals surface area (Å²) in [6, 6.07) is 4.47. The van der Waals surface area contributed by atoms with Gasteiger partial charge in [0.2, 0.25) is 0 Å². The van der Waals surface area contributed by atoms with Crippen molar-refractivity contribution in [2.24, 2.45) is 0 Å². The Morgan fingerprint density at radius 2 is 2.25 bits per heavy atom. The van der Waals surface area contributed by atoms with Gasteiger partial charge in [0, 0.05) is 6.54 Å². The first-order chi connectivity index (χ1) is 7.66. The molecule has 0 saturated carbocycles. The summed E-state index contributed by atoms with van der Waals surface area (Å²) in [5.41, 5.74) is 0.308. The molecule has 1 aromatic carbocycles. The fourth-order valence-corrected chi connectivity index (χ4v) is 2.08. The molecule has 0 fully saturated rings. The smallest absolute Gasteiger partial charge is 0.261 e. The van der Waals surface area contributed by atoms with E-state index in [0.29, 0.717) is 29.7 Å². The van der Waals surface area contributed by atoms with Gasteiger partial charge in [-0.1, -0.05) is 0 Å². The number of phenols is 1. The first kappa shape index (κ1) is 9.35. The van der Waals surface area contributed by atoms with E-state index in [4.69, 9.17) is 0 Å². The molecule has 82 valence electrons. The number of fused-ring (bicyclic) bond motifs is 2. The van der Waals surface area contributed by atoms with Crippen LogP contribution in [0.3, 0.4) is 0 Å². The Bertz CT molecular complexity index is 633. The van der Waals surface area contributed by atoms with Crippen molar-refractivity contribution >= 4 is 10.9 Å². The van der Waals surface area contributed by atoms with E-state index >= 15 is 0 Å². The SMILES string of the molecule is O=c1c2cc(O)ccc2nc2n1CCC2O. The van der Waals surface area contributed by atoms with Gasteiger partial charge in [0.25, 0.3) is 5.56 Å². The fraction of sp³-hybridized carbons (Fsp3) is 0.273. The first-order valence-corrected chi connectivity index (χ1v) is 5.08. The molecule has 2 heterocycles. The topological polar surface area (TPSA) is 75.3 Å². The molecular weight excluding hydrogens is 208 g/mol. The molecule has 5 heteroatoms. The average Bonchev–Trinajstić information content (AvgIpc) is 2.63. The molecule has 2 aromatic rings. The molecule has 0 radical (unpaired) electrons. The van der Waals surface area contributed by atoms with E-state index in [1.165, 1.54) is 16.7 Å². The largest absolute Gasteiger partial charge is 0.508 e. The number of benzene rings is 1. The van der Waals surface area contributed by atoms with Gasteiger partial charge >= 0.3 is 0 Å². The summed E-state index contributed by atoms with van der Waals surface area (Å²) in [7, 11) is 0. The van der Waals surface area contributed by atoms with E-state index in [-0.39, 0.29) is 11.3 Å². The van der Waals surface area contributed by atoms with Crippen LogP contribution >= 0.6 is 0 Å². The Balaban J connectivity index is 2.44. The molecule has 0 bridgehead atoms. The second kappa shape index (κ2) is 3.05. The Morgan fingerprint density at radius 1 is 1.44 bits per heavy atom. The van der Waals surface area contributed by atoms with Crippen LogP contribution in [0.4, 0.5) is 0 Å². The van der Waals surface area contributed by atoms with Gasteiger partial charge in [-0.3, -0.25) is 9.36 Å². The van der Waals surface area contributed by atoms with Crippen LogP contribution in [-0.4, -0.2) is 19.8 Å². The molecule has 0 saturated heterocycles. The Hall–Kier alpha value is -1.88.